The fourth-order valence-corrected chi connectivity index (χ4v) is 3.00. The number of thiazole rings is 1. The van der Waals surface area contributed by atoms with Crippen LogP contribution < -0.4 is 10.1 Å². The summed E-state index contributed by atoms with van der Waals surface area (Å²) in [6.45, 7) is 8.50. The van der Waals surface area contributed by atoms with Crippen LogP contribution in [0, 0.1) is 0 Å². The van der Waals surface area contributed by atoms with Crippen LogP contribution in [0.1, 0.15) is 37.4 Å². The van der Waals surface area contributed by atoms with Gasteiger partial charge in [-0.3, -0.25) is 0 Å². The smallest absolute Gasteiger partial charge is 0.354 e. The summed E-state index contributed by atoms with van der Waals surface area (Å²) < 4.78 is 10.7. The zero-order valence-electron chi connectivity index (χ0n) is 15.6. The molecule has 1 unspecified atom stereocenters. The van der Waals surface area contributed by atoms with Crippen molar-refractivity contribution in [1.82, 2.24) is 10.3 Å². The summed E-state index contributed by atoms with van der Waals surface area (Å²) in [7, 11) is 0. The summed E-state index contributed by atoms with van der Waals surface area (Å²) in [5, 5.41) is 14.0. The molecule has 1 aromatic heterocycles. The summed E-state index contributed by atoms with van der Waals surface area (Å²) in [6.07, 6.45) is -0.717. The first kappa shape index (κ1) is 20.4. The Hall–Kier alpha value is -1.96. The van der Waals surface area contributed by atoms with Crippen LogP contribution in [0.5, 0.6) is 5.88 Å². The maximum Gasteiger partial charge on any atom is 0.354 e. The van der Waals surface area contributed by atoms with Crippen molar-refractivity contribution >= 4 is 17.3 Å². The molecule has 0 amide bonds. The van der Waals surface area contributed by atoms with Gasteiger partial charge < -0.3 is 19.9 Å². The molecule has 1 atom stereocenters. The van der Waals surface area contributed by atoms with E-state index in [0.717, 1.165) is 5.56 Å². The van der Waals surface area contributed by atoms with Crippen molar-refractivity contribution in [3.8, 4) is 16.5 Å². The number of ether oxygens (including phenoxy) is 2. The zero-order valence-corrected chi connectivity index (χ0v) is 16.4. The number of aliphatic hydroxyl groups is 1. The monoisotopic (exact) mass is 378 g/mol. The van der Waals surface area contributed by atoms with Gasteiger partial charge in [0.25, 0.3) is 0 Å². The molecule has 0 saturated carbocycles. The minimum atomic E-state index is -0.717. The normalized spacial score (nSPS) is 12.7. The van der Waals surface area contributed by atoms with Gasteiger partial charge in [-0.1, -0.05) is 30.3 Å². The lowest BCUT2D eigenvalue weighted by Gasteiger charge is -2.22. The van der Waals surface area contributed by atoms with Crippen molar-refractivity contribution in [2.24, 2.45) is 0 Å². The Kier molecular flexibility index (Phi) is 7.14. The number of aromatic nitrogens is 1. The summed E-state index contributed by atoms with van der Waals surface area (Å²) in [5.41, 5.74) is 0.797. The van der Waals surface area contributed by atoms with E-state index in [1.165, 1.54) is 11.3 Å². The molecule has 2 rings (SSSR count). The van der Waals surface area contributed by atoms with Crippen LogP contribution in [0.3, 0.4) is 0 Å². The van der Waals surface area contributed by atoms with Crippen LogP contribution in [0.2, 0.25) is 0 Å². The first-order chi connectivity index (χ1) is 12.3. The fourth-order valence-electron chi connectivity index (χ4n) is 2.09. The molecule has 1 aromatic carbocycles. The molecule has 2 N–H and O–H groups in total. The molecular weight excluding hydrogens is 352 g/mol. The van der Waals surface area contributed by atoms with E-state index in [0.29, 0.717) is 16.4 Å². The van der Waals surface area contributed by atoms with Gasteiger partial charge in [0.2, 0.25) is 5.88 Å². The number of nitrogens with one attached hydrogen (secondary N) is 1. The van der Waals surface area contributed by atoms with Crippen LogP contribution in [0.4, 0.5) is 0 Å². The number of carbonyl (C=O) groups is 1. The summed E-state index contributed by atoms with van der Waals surface area (Å²) in [6, 6.07) is 9.56. The van der Waals surface area contributed by atoms with E-state index < -0.39 is 12.1 Å². The number of nitrogens with zero attached hydrogens (tertiary/aromatic N) is 1. The van der Waals surface area contributed by atoms with Crippen molar-refractivity contribution in [3.63, 3.8) is 0 Å². The lowest BCUT2D eigenvalue weighted by Crippen LogP contribution is -2.42. The molecule has 0 spiro atoms. The molecular formula is C19H26N2O4S. The van der Waals surface area contributed by atoms with E-state index in [1.807, 2.05) is 51.1 Å². The number of hydrogen-bond donors (Lipinski definition) is 2. The fraction of sp³-hybridized carbons (Fsp3) is 0.474. The Morgan fingerprint density at radius 3 is 2.62 bits per heavy atom. The number of benzene rings is 1. The lowest BCUT2D eigenvalue weighted by molar-refractivity contribution is 0.0520. The minimum absolute atomic E-state index is 0.0352. The Balaban J connectivity index is 2.12. The highest BCUT2D eigenvalue weighted by Crippen LogP contribution is 2.33. The third-order valence-corrected chi connectivity index (χ3v) is 4.42. The second-order valence-electron chi connectivity index (χ2n) is 6.84. The molecule has 2 aromatic rings. The number of hydrogen-bond acceptors (Lipinski definition) is 7. The predicted molar refractivity (Wildman–Crippen MR) is 103 cm³/mol. The summed E-state index contributed by atoms with van der Waals surface area (Å²) in [4.78, 5) is 16.9. The van der Waals surface area contributed by atoms with Crippen molar-refractivity contribution < 1.29 is 19.4 Å². The molecule has 142 valence electrons. The van der Waals surface area contributed by atoms with Gasteiger partial charge in [-0.25, -0.2) is 9.78 Å². The second-order valence-corrected chi connectivity index (χ2v) is 7.83. The highest BCUT2D eigenvalue weighted by Gasteiger charge is 2.22. The topological polar surface area (TPSA) is 80.7 Å². The zero-order chi connectivity index (χ0) is 19.2. The van der Waals surface area contributed by atoms with Gasteiger partial charge in [-0.05, 0) is 27.7 Å². The number of esters is 1. The van der Waals surface area contributed by atoms with E-state index >= 15 is 0 Å². The maximum atomic E-state index is 12.2. The van der Waals surface area contributed by atoms with Gasteiger partial charge in [-0.2, -0.15) is 0 Å². The molecule has 0 aliphatic carbocycles. The van der Waals surface area contributed by atoms with Crippen molar-refractivity contribution in [3.05, 3.63) is 35.2 Å². The number of rotatable bonds is 8. The SMILES string of the molecule is CCOC(=O)c1sc(-c2ccccc2)nc1OCC(O)CNC(C)(C)C. The van der Waals surface area contributed by atoms with E-state index in [-0.39, 0.29) is 24.6 Å². The molecule has 26 heavy (non-hydrogen) atoms. The molecule has 0 aliphatic heterocycles. The third-order valence-electron chi connectivity index (χ3n) is 3.36. The standard InChI is InChI=1S/C19H26N2O4S/c1-5-24-18(23)15-16(25-12-14(22)11-20-19(2,3)4)21-17(26-15)13-9-7-6-8-10-13/h6-10,14,20,22H,5,11-12H2,1-4H3. The lowest BCUT2D eigenvalue weighted by atomic mass is 10.1. The molecule has 6 nitrogen and oxygen atoms in total. The molecule has 0 bridgehead atoms. The number of β-amino-alcohol motifs (C(OH)–C–C–N with tert-alkyl or cyclic N) is 1. The van der Waals surface area contributed by atoms with E-state index in [9.17, 15) is 9.90 Å². The molecule has 0 fully saturated rings. The average Bonchev–Trinajstić information content (AvgIpc) is 3.03. The van der Waals surface area contributed by atoms with Crippen LogP contribution in [0.25, 0.3) is 10.6 Å². The Morgan fingerprint density at radius 2 is 2.00 bits per heavy atom. The van der Waals surface area contributed by atoms with Gasteiger partial charge in [0.1, 0.15) is 17.7 Å². The van der Waals surface area contributed by atoms with Crippen LogP contribution in [-0.2, 0) is 4.74 Å². The van der Waals surface area contributed by atoms with Crippen molar-refractivity contribution in [2.75, 3.05) is 19.8 Å². The van der Waals surface area contributed by atoms with Crippen molar-refractivity contribution in [1.29, 1.82) is 0 Å². The first-order valence-corrected chi connectivity index (χ1v) is 9.41. The van der Waals surface area contributed by atoms with Gasteiger partial charge in [0.05, 0.1) is 6.61 Å². The third kappa shape index (κ3) is 6.09. The first-order valence-electron chi connectivity index (χ1n) is 8.59. The van der Waals surface area contributed by atoms with Gasteiger partial charge >= 0.3 is 5.97 Å². The molecule has 0 aliphatic rings. The second kappa shape index (κ2) is 9.12. The van der Waals surface area contributed by atoms with Gasteiger partial charge in [0.15, 0.2) is 4.88 Å². The minimum Gasteiger partial charge on any atom is -0.474 e. The Labute approximate surface area is 158 Å². The van der Waals surface area contributed by atoms with Crippen LogP contribution >= 0.6 is 11.3 Å². The largest absolute Gasteiger partial charge is 0.474 e. The van der Waals surface area contributed by atoms with Crippen LogP contribution in [0.15, 0.2) is 30.3 Å². The highest BCUT2D eigenvalue weighted by molar-refractivity contribution is 7.17. The quantitative estimate of drug-likeness (QED) is 0.687. The molecule has 1 heterocycles. The van der Waals surface area contributed by atoms with Crippen LogP contribution in [-0.4, -0.2) is 47.5 Å². The predicted octanol–water partition coefficient (Wildman–Crippen LogP) is 3.11. The van der Waals surface area contributed by atoms with E-state index in [2.05, 4.69) is 10.3 Å². The Bertz CT molecular complexity index is 710. The van der Waals surface area contributed by atoms with Crippen molar-refractivity contribution in [2.45, 2.75) is 39.3 Å². The molecule has 7 heteroatoms. The molecule has 0 saturated heterocycles. The Morgan fingerprint density at radius 1 is 1.31 bits per heavy atom. The average molecular weight is 378 g/mol. The van der Waals surface area contributed by atoms with Gasteiger partial charge in [0, 0.05) is 17.6 Å². The summed E-state index contributed by atoms with van der Waals surface area (Å²) in [5.74, 6) is -0.272. The number of carbonyl (C=O) groups excluding carboxylic acids is 1. The molecule has 0 radical (unpaired) electrons. The van der Waals surface area contributed by atoms with E-state index in [4.69, 9.17) is 9.47 Å². The number of aliphatic hydroxyl groups excluding tert-OH is 1. The van der Waals surface area contributed by atoms with E-state index in [1.54, 1.807) is 6.92 Å². The highest BCUT2D eigenvalue weighted by atomic mass is 32.1. The summed E-state index contributed by atoms with van der Waals surface area (Å²) >= 11 is 1.22. The maximum absolute atomic E-state index is 12.2. The van der Waals surface area contributed by atoms with Gasteiger partial charge in [-0.15, -0.1) is 11.3 Å².